The van der Waals surface area contributed by atoms with E-state index in [1.54, 1.807) is 16.8 Å². The van der Waals surface area contributed by atoms with Gasteiger partial charge in [-0.2, -0.15) is 5.10 Å². The van der Waals surface area contributed by atoms with E-state index in [2.05, 4.69) is 5.10 Å². The van der Waals surface area contributed by atoms with Crippen molar-refractivity contribution in [3.05, 3.63) is 51.3 Å². The first kappa shape index (κ1) is 13.1. The highest BCUT2D eigenvalue weighted by Gasteiger charge is 2.18. The number of ketones is 1. The molecule has 94 valence electrons. The Kier molecular flexibility index (Phi) is 3.73. The molecule has 1 heterocycles. The second-order valence-electron chi connectivity index (χ2n) is 3.95. The van der Waals surface area contributed by atoms with Gasteiger partial charge in [0, 0.05) is 17.1 Å². The maximum atomic E-state index is 12.4. The highest BCUT2D eigenvalue weighted by Crippen LogP contribution is 2.22. The van der Waals surface area contributed by atoms with Gasteiger partial charge >= 0.3 is 0 Å². The molecule has 0 saturated heterocycles. The van der Waals surface area contributed by atoms with Crippen molar-refractivity contribution in [1.29, 1.82) is 0 Å². The van der Waals surface area contributed by atoms with E-state index >= 15 is 0 Å². The molecule has 2 aromatic rings. The van der Waals surface area contributed by atoms with Crippen LogP contribution >= 0.6 is 23.2 Å². The topological polar surface area (TPSA) is 34.9 Å². The van der Waals surface area contributed by atoms with Crippen molar-refractivity contribution in [2.24, 2.45) is 0 Å². The lowest BCUT2D eigenvalue weighted by Gasteiger charge is -2.06. The summed E-state index contributed by atoms with van der Waals surface area (Å²) in [5.74, 6) is -0.166. The summed E-state index contributed by atoms with van der Waals surface area (Å²) in [5.41, 5.74) is 1.85. The summed E-state index contributed by atoms with van der Waals surface area (Å²) in [6.45, 7) is 4.38. The van der Waals surface area contributed by atoms with Crippen molar-refractivity contribution in [2.45, 2.75) is 20.4 Å². The molecule has 0 aliphatic carbocycles. The molecule has 3 nitrogen and oxygen atoms in total. The number of hydrogen-bond acceptors (Lipinski definition) is 2. The number of aromatic nitrogens is 2. The molecule has 18 heavy (non-hydrogen) atoms. The van der Waals surface area contributed by atoms with Gasteiger partial charge in [-0.25, -0.2) is 0 Å². The fraction of sp³-hybridized carbons (Fsp3) is 0.231. The molecule has 0 N–H and O–H groups in total. The summed E-state index contributed by atoms with van der Waals surface area (Å²) < 4.78 is 1.58. The zero-order valence-corrected chi connectivity index (χ0v) is 11.6. The first-order chi connectivity index (χ1) is 8.54. The fourth-order valence-corrected chi connectivity index (χ4v) is 2.11. The van der Waals surface area contributed by atoms with Gasteiger partial charge in [0.05, 0.1) is 11.2 Å². The summed E-state index contributed by atoms with van der Waals surface area (Å²) in [4.78, 5) is 12.4. The predicted molar refractivity (Wildman–Crippen MR) is 72.5 cm³/mol. The molecule has 0 aliphatic rings. The van der Waals surface area contributed by atoms with Crippen molar-refractivity contribution in [3.63, 3.8) is 0 Å². The lowest BCUT2D eigenvalue weighted by molar-refractivity contribution is 0.102. The van der Waals surface area contributed by atoms with E-state index in [-0.39, 0.29) is 5.78 Å². The molecule has 1 aromatic heterocycles. The van der Waals surface area contributed by atoms with Crippen LogP contribution in [0.25, 0.3) is 0 Å². The van der Waals surface area contributed by atoms with Gasteiger partial charge in [-0.3, -0.25) is 9.48 Å². The highest BCUT2D eigenvalue weighted by molar-refractivity contribution is 6.35. The van der Waals surface area contributed by atoms with Gasteiger partial charge in [-0.1, -0.05) is 35.3 Å². The largest absolute Gasteiger partial charge is 0.287 e. The summed E-state index contributed by atoms with van der Waals surface area (Å²) in [6, 6.07) is 5.21. The molecule has 0 fully saturated rings. The second-order valence-corrected chi connectivity index (χ2v) is 4.76. The summed E-state index contributed by atoms with van der Waals surface area (Å²) in [5, 5.41) is 4.98. The van der Waals surface area contributed by atoms with Crippen molar-refractivity contribution in [2.75, 3.05) is 0 Å². The standard InChI is InChI=1S/C13H12Cl2N2O/c1-3-17-12(11(15)7-16-17)13(18)9-5-4-8(2)10(14)6-9/h4-7H,3H2,1-2H3. The number of hydrogen-bond donors (Lipinski definition) is 0. The molecule has 0 unspecified atom stereocenters. The van der Waals surface area contributed by atoms with Gasteiger partial charge in [-0.15, -0.1) is 0 Å². The Morgan fingerprint density at radius 3 is 2.67 bits per heavy atom. The predicted octanol–water partition coefficient (Wildman–Crippen LogP) is 3.75. The van der Waals surface area contributed by atoms with E-state index in [4.69, 9.17) is 23.2 Å². The molecule has 0 aliphatic heterocycles. The van der Waals surface area contributed by atoms with Crippen LogP contribution in [-0.4, -0.2) is 15.6 Å². The summed E-state index contributed by atoms with van der Waals surface area (Å²) in [7, 11) is 0. The lowest BCUT2D eigenvalue weighted by atomic mass is 10.1. The molecule has 0 bridgehead atoms. The minimum atomic E-state index is -0.166. The van der Waals surface area contributed by atoms with Crippen molar-refractivity contribution < 1.29 is 4.79 Å². The van der Waals surface area contributed by atoms with E-state index in [0.717, 1.165) is 5.56 Å². The maximum absolute atomic E-state index is 12.4. The van der Waals surface area contributed by atoms with Gasteiger partial charge < -0.3 is 0 Å². The number of carbonyl (C=O) groups excluding carboxylic acids is 1. The maximum Gasteiger partial charge on any atom is 0.212 e. The number of benzene rings is 1. The van der Waals surface area contributed by atoms with E-state index in [1.807, 2.05) is 19.9 Å². The van der Waals surface area contributed by atoms with Crippen LogP contribution in [0.1, 0.15) is 28.5 Å². The third kappa shape index (κ3) is 2.28. The molecule has 1 aromatic carbocycles. The quantitative estimate of drug-likeness (QED) is 0.804. The Balaban J connectivity index is 2.47. The lowest BCUT2D eigenvalue weighted by Crippen LogP contribution is -2.11. The fourth-order valence-electron chi connectivity index (χ4n) is 1.70. The van der Waals surface area contributed by atoms with Crippen LogP contribution in [0, 0.1) is 6.92 Å². The average molecular weight is 283 g/mol. The Hall–Kier alpha value is -1.32. The van der Waals surface area contributed by atoms with E-state index in [0.29, 0.717) is 27.8 Å². The van der Waals surface area contributed by atoms with Crippen LogP contribution in [0.3, 0.4) is 0 Å². The number of halogens is 2. The van der Waals surface area contributed by atoms with Crippen molar-refractivity contribution in [1.82, 2.24) is 9.78 Å². The molecule has 0 amide bonds. The molecule has 0 radical (unpaired) electrons. The van der Waals surface area contributed by atoms with Crippen molar-refractivity contribution in [3.8, 4) is 0 Å². The molecule has 0 spiro atoms. The molecule has 5 heteroatoms. The van der Waals surface area contributed by atoms with Crippen LogP contribution in [0.2, 0.25) is 10.0 Å². The second kappa shape index (κ2) is 5.12. The Morgan fingerprint density at radius 1 is 1.33 bits per heavy atom. The Morgan fingerprint density at radius 2 is 2.06 bits per heavy atom. The summed E-state index contributed by atoms with van der Waals surface area (Å²) in [6.07, 6.45) is 1.48. The number of rotatable bonds is 3. The van der Waals surface area contributed by atoms with Crippen LogP contribution in [0.4, 0.5) is 0 Å². The SMILES string of the molecule is CCn1ncc(Cl)c1C(=O)c1ccc(C)c(Cl)c1. The van der Waals surface area contributed by atoms with E-state index in [9.17, 15) is 4.79 Å². The third-order valence-corrected chi connectivity index (χ3v) is 3.43. The number of carbonyl (C=O) groups is 1. The van der Waals surface area contributed by atoms with Crippen LogP contribution in [-0.2, 0) is 6.54 Å². The third-order valence-electron chi connectivity index (χ3n) is 2.74. The van der Waals surface area contributed by atoms with E-state index < -0.39 is 0 Å². The minimum absolute atomic E-state index is 0.166. The van der Waals surface area contributed by atoms with Gasteiger partial charge in [-0.05, 0) is 25.5 Å². The summed E-state index contributed by atoms with van der Waals surface area (Å²) >= 11 is 12.0. The number of aryl methyl sites for hydroxylation is 2. The molecule has 0 atom stereocenters. The molecule has 2 rings (SSSR count). The monoisotopic (exact) mass is 282 g/mol. The van der Waals surface area contributed by atoms with Crippen LogP contribution in [0.5, 0.6) is 0 Å². The van der Waals surface area contributed by atoms with Crippen molar-refractivity contribution >= 4 is 29.0 Å². The van der Waals surface area contributed by atoms with Crippen LogP contribution in [0.15, 0.2) is 24.4 Å². The molecular formula is C13H12Cl2N2O. The van der Waals surface area contributed by atoms with Gasteiger partial charge in [0.2, 0.25) is 5.78 Å². The zero-order valence-electron chi connectivity index (χ0n) is 10.1. The minimum Gasteiger partial charge on any atom is -0.287 e. The van der Waals surface area contributed by atoms with E-state index in [1.165, 1.54) is 6.20 Å². The zero-order chi connectivity index (χ0) is 13.3. The smallest absolute Gasteiger partial charge is 0.212 e. The highest BCUT2D eigenvalue weighted by atomic mass is 35.5. The first-order valence-corrected chi connectivity index (χ1v) is 6.32. The molecular weight excluding hydrogens is 271 g/mol. The number of nitrogens with zero attached hydrogens (tertiary/aromatic N) is 2. The normalized spacial score (nSPS) is 10.7. The van der Waals surface area contributed by atoms with Gasteiger partial charge in [0.1, 0.15) is 5.69 Å². The first-order valence-electron chi connectivity index (χ1n) is 5.56. The van der Waals surface area contributed by atoms with Gasteiger partial charge in [0.15, 0.2) is 0 Å². The Labute approximate surface area is 115 Å². The Bertz CT molecular complexity index is 605. The van der Waals surface area contributed by atoms with Gasteiger partial charge in [0.25, 0.3) is 0 Å². The average Bonchev–Trinajstić information content (AvgIpc) is 2.73. The van der Waals surface area contributed by atoms with Crippen LogP contribution < -0.4 is 0 Å². The molecule has 0 saturated carbocycles.